The molecule has 0 saturated carbocycles. The molecule has 25 heavy (non-hydrogen) atoms. The van der Waals surface area contributed by atoms with Crippen molar-refractivity contribution in [1.82, 2.24) is 25.0 Å². The molecule has 1 aliphatic heterocycles. The zero-order valence-electron chi connectivity index (χ0n) is 14.6. The molecule has 1 aliphatic rings. The summed E-state index contributed by atoms with van der Waals surface area (Å²) in [6.45, 7) is 5.02. The first-order valence-corrected chi connectivity index (χ1v) is 8.81. The summed E-state index contributed by atoms with van der Waals surface area (Å²) >= 11 is 0. The van der Waals surface area contributed by atoms with Gasteiger partial charge in [0.1, 0.15) is 6.33 Å². The van der Waals surface area contributed by atoms with E-state index in [1.165, 1.54) is 5.56 Å². The molecule has 2 amide bonds. The van der Waals surface area contributed by atoms with Crippen LogP contribution in [-0.2, 0) is 24.2 Å². The minimum atomic E-state index is -0.0707. The fourth-order valence-electron chi connectivity index (χ4n) is 3.00. The Kier molecular flexibility index (Phi) is 6.00. The fourth-order valence-corrected chi connectivity index (χ4v) is 3.00. The highest BCUT2D eigenvalue weighted by molar-refractivity contribution is 5.74. The van der Waals surface area contributed by atoms with Gasteiger partial charge in [0.2, 0.25) is 0 Å². The summed E-state index contributed by atoms with van der Waals surface area (Å²) in [5, 5.41) is 10.8. The van der Waals surface area contributed by atoms with Gasteiger partial charge in [0.05, 0.1) is 19.3 Å². The van der Waals surface area contributed by atoms with Gasteiger partial charge in [-0.2, -0.15) is 0 Å². The first-order valence-electron chi connectivity index (χ1n) is 8.81. The number of morpholine rings is 1. The van der Waals surface area contributed by atoms with E-state index in [-0.39, 0.29) is 12.1 Å². The van der Waals surface area contributed by atoms with Crippen LogP contribution in [0.1, 0.15) is 24.7 Å². The average molecular weight is 343 g/mol. The number of nitrogens with zero attached hydrogens (tertiary/aromatic N) is 4. The minimum absolute atomic E-state index is 0.0707. The number of hydrogen-bond acceptors (Lipinski definition) is 4. The fraction of sp³-hybridized carbons (Fsp3) is 0.500. The highest BCUT2D eigenvalue weighted by Crippen LogP contribution is 2.13. The van der Waals surface area contributed by atoms with Gasteiger partial charge in [0.15, 0.2) is 5.82 Å². The number of aryl methyl sites for hydroxylation is 2. The van der Waals surface area contributed by atoms with Crippen LogP contribution in [0.4, 0.5) is 4.79 Å². The smallest absolute Gasteiger partial charge is 0.317 e. The van der Waals surface area contributed by atoms with Gasteiger partial charge in [0.25, 0.3) is 0 Å². The number of carbonyl (C=O) groups excluding carboxylic acids is 1. The summed E-state index contributed by atoms with van der Waals surface area (Å²) in [6, 6.07) is 10.3. The van der Waals surface area contributed by atoms with Crippen LogP contribution < -0.4 is 5.32 Å². The van der Waals surface area contributed by atoms with Gasteiger partial charge in [-0.25, -0.2) is 4.79 Å². The molecule has 3 rings (SSSR count). The predicted molar refractivity (Wildman–Crippen MR) is 94.0 cm³/mol. The molecule has 1 atom stereocenters. The topological polar surface area (TPSA) is 72.3 Å². The van der Waals surface area contributed by atoms with Gasteiger partial charge in [-0.15, -0.1) is 10.2 Å². The Morgan fingerprint density at radius 1 is 1.36 bits per heavy atom. The Hall–Kier alpha value is -2.41. The lowest BCUT2D eigenvalue weighted by atomic mass is 10.1. The maximum atomic E-state index is 12.4. The van der Waals surface area contributed by atoms with Crippen LogP contribution in [0, 0.1) is 0 Å². The van der Waals surface area contributed by atoms with Gasteiger partial charge in [-0.3, -0.25) is 0 Å². The molecule has 0 spiro atoms. The van der Waals surface area contributed by atoms with E-state index in [4.69, 9.17) is 4.74 Å². The van der Waals surface area contributed by atoms with Gasteiger partial charge < -0.3 is 19.5 Å². The van der Waals surface area contributed by atoms with E-state index in [9.17, 15) is 4.79 Å². The Morgan fingerprint density at radius 2 is 2.20 bits per heavy atom. The summed E-state index contributed by atoms with van der Waals surface area (Å²) in [5.41, 5.74) is 1.30. The van der Waals surface area contributed by atoms with Crippen molar-refractivity contribution < 1.29 is 9.53 Å². The lowest BCUT2D eigenvalue weighted by molar-refractivity contribution is -0.0176. The molecular formula is C18H25N5O2. The van der Waals surface area contributed by atoms with Crippen LogP contribution in [0.15, 0.2) is 36.7 Å². The Balaban J connectivity index is 1.46. The van der Waals surface area contributed by atoms with Crippen LogP contribution in [0.3, 0.4) is 0 Å². The zero-order valence-corrected chi connectivity index (χ0v) is 14.6. The molecule has 1 unspecified atom stereocenters. The molecule has 7 nitrogen and oxygen atoms in total. The monoisotopic (exact) mass is 343 g/mol. The lowest BCUT2D eigenvalue weighted by Crippen LogP contribution is -2.49. The number of ether oxygens (including phenoxy) is 1. The SMILES string of the molecule is CCn1cnnc1CNC(=O)N1CCOC(CCc2ccccc2)C1. The quantitative estimate of drug-likeness (QED) is 0.869. The Morgan fingerprint density at radius 3 is 3.00 bits per heavy atom. The van der Waals surface area contributed by atoms with Crippen molar-refractivity contribution in [2.75, 3.05) is 19.7 Å². The van der Waals surface area contributed by atoms with E-state index in [1.54, 1.807) is 6.33 Å². The molecule has 0 bridgehead atoms. The van der Waals surface area contributed by atoms with E-state index in [2.05, 4.69) is 27.6 Å². The first-order chi connectivity index (χ1) is 12.3. The van der Waals surface area contributed by atoms with Crippen LogP contribution >= 0.6 is 0 Å². The van der Waals surface area contributed by atoms with Crippen molar-refractivity contribution in [3.05, 3.63) is 48.0 Å². The highest BCUT2D eigenvalue weighted by Gasteiger charge is 2.24. The van der Waals surface area contributed by atoms with Gasteiger partial charge in [0, 0.05) is 19.6 Å². The lowest BCUT2D eigenvalue weighted by Gasteiger charge is -2.33. The normalized spacial score (nSPS) is 17.5. The maximum Gasteiger partial charge on any atom is 0.317 e. The van der Waals surface area contributed by atoms with Crippen LogP contribution in [0.5, 0.6) is 0 Å². The number of carbonyl (C=O) groups is 1. The largest absolute Gasteiger partial charge is 0.375 e. The summed E-state index contributed by atoms with van der Waals surface area (Å²) in [7, 11) is 0. The summed E-state index contributed by atoms with van der Waals surface area (Å²) in [5.74, 6) is 0.768. The molecule has 134 valence electrons. The zero-order chi connectivity index (χ0) is 17.5. The van der Waals surface area contributed by atoms with Gasteiger partial charge in [-0.1, -0.05) is 30.3 Å². The number of amides is 2. The molecule has 1 aromatic heterocycles. The van der Waals surface area contributed by atoms with E-state index < -0.39 is 0 Å². The van der Waals surface area contributed by atoms with E-state index in [0.717, 1.165) is 25.2 Å². The third-order valence-electron chi connectivity index (χ3n) is 4.46. The van der Waals surface area contributed by atoms with Crippen molar-refractivity contribution >= 4 is 6.03 Å². The number of aromatic nitrogens is 3. The molecule has 2 heterocycles. The molecule has 1 fully saturated rings. The summed E-state index contributed by atoms with van der Waals surface area (Å²) in [4.78, 5) is 14.2. The summed E-state index contributed by atoms with van der Waals surface area (Å²) in [6.07, 6.45) is 3.63. The van der Waals surface area contributed by atoms with Crippen LogP contribution in [-0.4, -0.2) is 51.5 Å². The molecule has 0 radical (unpaired) electrons. The molecule has 0 aliphatic carbocycles. The Labute approximate surface area is 148 Å². The van der Waals surface area contributed by atoms with E-state index >= 15 is 0 Å². The number of nitrogens with one attached hydrogen (secondary N) is 1. The number of urea groups is 1. The third kappa shape index (κ3) is 4.79. The Bertz CT molecular complexity index is 673. The average Bonchev–Trinajstić information content (AvgIpc) is 3.13. The summed E-state index contributed by atoms with van der Waals surface area (Å²) < 4.78 is 7.74. The standard InChI is InChI=1S/C18H25N5O2/c1-2-22-14-20-21-17(22)12-19-18(24)23-10-11-25-16(13-23)9-8-15-6-4-3-5-7-15/h3-7,14,16H,2,8-13H2,1H3,(H,19,24). The number of benzene rings is 1. The maximum absolute atomic E-state index is 12.4. The van der Waals surface area contributed by atoms with E-state index in [0.29, 0.717) is 26.2 Å². The molecule has 1 aromatic carbocycles. The molecule has 2 aromatic rings. The van der Waals surface area contributed by atoms with Crippen LogP contribution in [0.2, 0.25) is 0 Å². The van der Waals surface area contributed by atoms with Crippen molar-refractivity contribution in [2.45, 2.75) is 39.0 Å². The van der Waals surface area contributed by atoms with Crippen molar-refractivity contribution in [3.63, 3.8) is 0 Å². The molecule has 7 heteroatoms. The van der Waals surface area contributed by atoms with E-state index in [1.807, 2.05) is 34.6 Å². The van der Waals surface area contributed by atoms with Crippen molar-refractivity contribution in [2.24, 2.45) is 0 Å². The van der Waals surface area contributed by atoms with Crippen LogP contribution in [0.25, 0.3) is 0 Å². The van der Waals surface area contributed by atoms with Crippen molar-refractivity contribution in [1.29, 1.82) is 0 Å². The molecular weight excluding hydrogens is 318 g/mol. The highest BCUT2D eigenvalue weighted by atomic mass is 16.5. The second-order valence-electron chi connectivity index (χ2n) is 6.15. The minimum Gasteiger partial charge on any atom is -0.375 e. The molecule has 1 N–H and O–H groups in total. The second kappa shape index (κ2) is 8.62. The first kappa shape index (κ1) is 17.4. The second-order valence-corrected chi connectivity index (χ2v) is 6.15. The number of rotatable bonds is 6. The van der Waals surface area contributed by atoms with Gasteiger partial charge in [-0.05, 0) is 25.3 Å². The molecule has 1 saturated heterocycles. The van der Waals surface area contributed by atoms with Crippen molar-refractivity contribution in [3.8, 4) is 0 Å². The van der Waals surface area contributed by atoms with Gasteiger partial charge >= 0.3 is 6.03 Å². The predicted octanol–water partition coefficient (Wildman–Crippen LogP) is 1.84. The third-order valence-corrected chi connectivity index (χ3v) is 4.46. The number of hydrogen-bond donors (Lipinski definition) is 1.